The van der Waals surface area contributed by atoms with E-state index in [0.717, 1.165) is 28.6 Å². The molecule has 0 aromatic heterocycles. The molecule has 30 heavy (non-hydrogen) atoms. The van der Waals surface area contributed by atoms with E-state index in [-0.39, 0.29) is 11.4 Å². The van der Waals surface area contributed by atoms with Gasteiger partial charge in [0.15, 0.2) is 4.90 Å². The number of hydrogen-bond donors (Lipinski definition) is 1. The van der Waals surface area contributed by atoms with Gasteiger partial charge in [0, 0.05) is 11.8 Å². The maximum absolute atomic E-state index is 13.3. The Morgan fingerprint density at radius 1 is 0.967 bits per heavy atom. The molecule has 0 aliphatic heterocycles. The molecule has 0 unspecified atom stereocenters. The van der Waals surface area contributed by atoms with Crippen LogP contribution in [-0.2, 0) is 14.8 Å². The van der Waals surface area contributed by atoms with Crippen LogP contribution >= 0.6 is 0 Å². The Bertz CT molecular complexity index is 1170. The highest BCUT2D eigenvalue weighted by Crippen LogP contribution is 2.29. The zero-order valence-corrected chi connectivity index (χ0v) is 16.3. The summed E-state index contributed by atoms with van der Waals surface area (Å²) < 4.78 is 40.4. The number of nitro benzene ring substituents is 1. The van der Waals surface area contributed by atoms with Gasteiger partial charge in [0.2, 0.25) is 5.91 Å². The minimum Gasteiger partial charge on any atom is -0.325 e. The Balaban J connectivity index is 1.98. The summed E-state index contributed by atoms with van der Waals surface area (Å²) in [6, 6.07) is 17.6. The van der Waals surface area contributed by atoms with Gasteiger partial charge < -0.3 is 5.32 Å². The van der Waals surface area contributed by atoms with E-state index in [1.165, 1.54) is 36.4 Å². The molecule has 3 aromatic carbocycles. The molecule has 3 rings (SSSR count). The Morgan fingerprint density at radius 3 is 2.20 bits per heavy atom. The van der Waals surface area contributed by atoms with E-state index in [9.17, 15) is 27.7 Å². The molecule has 1 amide bonds. The van der Waals surface area contributed by atoms with Gasteiger partial charge in [-0.25, -0.2) is 12.8 Å². The van der Waals surface area contributed by atoms with Crippen LogP contribution in [0.15, 0.2) is 83.8 Å². The van der Waals surface area contributed by atoms with Crippen LogP contribution in [0.2, 0.25) is 0 Å². The Kier molecular flexibility index (Phi) is 6.07. The normalized spacial score (nSPS) is 11.0. The summed E-state index contributed by atoms with van der Waals surface area (Å²) in [5.41, 5.74) is -0.167. The van der Waals surface area contributed by atoms with Gasteiger partial charge in [-0.1, -0.05) is 30.3 Å². The van der Waals surface area contributed by atoms with Crippen molar-refractivity contribution in [3.63, 3.8) is 0 Å². The Labute approximate surface area is 171 Å². The molecule has 154 valence electrons. The predicted molar refractivity (Wildman–Crippen MR) is 109 cm³/mol. The number of carbonyl (C=O) groups is 1. The number of carbonyl (C=O) groups excluding carboxylic acids is 1. The zero-order chi connectivity index (χ0) is 21.7. The van der Waals surface area contributed by atoms with Gasteiger partial charge in [-0.3, -0.25) is 19.2 Å². The summed E-state index contributed by atoms with van der Waals surface area (Å²) in [6.07, 6.45) is 0. The third-order valence-electron chi connectivity index (χ3n) is 4.09. The van der Waals surface area contributed by atoms with Crippen LogP contribution < -0.4 is 9.62 Å². The van der Waals surface area contributed by atoms with E-state index in [4.69, 9.17) is 0 Å². The van der Waals surface area contributed by atoms with Crippen molar-refractivity contribution >= 4 is 33.0 Å². The molecule has 0 bridgehead atoms. The molecular formula is C20H16FN3O5S. The third kappa shape index (κ3) is 4.61. The molecule has 0 heterocycles. The van der Waals surface area contributed by atoms with Gasteiger partial charge in [-0.05, 0) is 42.5 Å². The summed E-state index contributed by atoms with van der Waals surface area (Å²) in [7, 11) is -4.45. The average Bonchev–Trinajstić information content (AvgIpc) is 2.74. The van der Waals surface area contributed by atoms with Gasteiger partial charge in [0.25, 0.3) is 15.7 Å². The highest BCUT2D eigenvalue weighted by Gasteiger charge is 2.33. The van der Waals surface area contributed by atoms with E-state index < -0.39 is 43.8 Å². The molecule has 0 radical (unpaired) electrons. The molecule has 0 aliphatic rings. The number of benzene rings is 3. The SMILES string of the molecule is O=C(CN(c1ccccc1)S(=O)(=O)c1ccccc1[N+](=O)[O-])Nc1ccc(F)cc1. The highest BCUT2D eigenvalue weighted by atomic mass is 32.2. The number of hydrogen-bond acceptors (Lipinski definition) is 5. The van der Waals surface area contributed by atoms with Crippen molar-refractivity contribution < 1.29 is 22.5 Å². The lowest BCUT2D eigenvalue weighted by molar-refractivity contribution is -0.387. The van der Waals surface area contributed by atoms with Gasteiger partial charge in [-0.2, -0.15) is 0 Å². The number of halogens is 1. The number of amides is 1. The number of anilines is 2. The molecule has 0 saturated carbocycles. The number of rotatable bonds is 7. The fourth-order valence-corrected chi connectivity index (χ4v) is 4.30. The van der Waals surface area contributed by atoms with Crippen LogP contribution in [0.3, 0.4) is 0 Å². The lowest BCUT2D eigenvalue weighted by Crippen LogP contribution is -2.38. The van der Waals surface area contributed by atoms with Gasteiger partial charge in [0.05, 0.1) is 10.6 Å². The van der Waals surface area contributed by atoms with Crippen LogP contribution in [0.5, 0.6) is 0 Å². The number of nitrogens with one attached hydrogen (secondary N) is 1. The first-order valence-corrected chi connectivity index (χ1v) is 10.1. The monoisotopic (exact) mass is 429 g/mol. The van der Waals surface area contributed by atoms with Crippen molar-refractivity contribution in [2.24, 2.45) is 0 Å². The van der Waals surface area contributed by atoms with Gasteiger partial charge >= 0.3 is 0 Å². The summed E-state index contributed by atoms with van der Waals surface area (Å²) in [5, 5.41) is 13.8. The van der Waals surface area contributed by atoms with Crippen LogP contribution in [0.25, 0.3) is 0 Å². The second-order valence-electron chi connectivity index (χ2n) is 6.13. The van der Waals surface area contributed by atoms with E-state index in [1.807, 2.05) is 0 Å². The van der Waals surface area contributed by atoms with Crippen molar-refractivity contribution in [3.8, 4) is 0 Å². The number of sulfonamides is 1. The smallest absolute Gasteiger partial charge is 0.289 e. The summed E-state index contributed by atoms with van der Waals surface area (Å²) in [5.74, 6) is -1.19. The first-order chi connectivity index (χ1) is 14.3. The summed E-state index contributed by atoms with van der Waals surface area (Å²) in [4.78, 5) is 22.5. The second kappa shape index (κ2) is 8.70. The molecule has 1 N–H and O–H groups in total. The van der Waals surface area contributed by atoms with Crippen molar-refractivity contribution in [1.82, 2.24) is 0 Å². The molecule has 0 spiro atoms. The lowest BCUT2D eigenvalue weighted by Gasteiger charge is -2.24. The topological polar surface area (TPSA) is 110 Å². The zero-order valence-electron chi connectivity index (χ0n) is 15.4. The second-order valence-corrected chi connectivity index (χ2v) is 7.96. The van der Waals surface area contributed by atoms with E-state index >= 15 is 0 Å². The molecular weight excluding hydrogens is 413 g/mol. The summed E-state index contributed by atoms with van der Waals surface area (Å²) >= 11 is 0. The van der Waals surface area contributed by atoms with Crippen LogP contribution in [0.1, 0.15) is 0 Å². The Morgan fingerprint density at radius 2 is 1.57 bits per heavy atom. The minimum absolute atomic E-state index is 0.157. The minimum atomic E-state index is -4.45. The standard InChI is InChI=1S/C20H16FN3O5S/c21-15-10-12-16(13-11-15)22-20(25)14-23(17-6-2-1-3-7-17)30(28,29)19-9-5-4-8-18(19)24(26)27/h1-13H,14H2,(H,22,25). The fraction of sp³-hybridized carbons (Fsp3) is 0.0500. The number of nitro groups is 1. The van der Waals surface area contributed by atoms with E-state index in [0.29, 0.717) is 0 Å². The Hall–Kier alpha value is -3.79. The molecule has 10 heteroatoms. The van der Waals surface area contributed by atoms with Gasteiger partial charge in [-0.15, -0.1) is 0 Å². The summed E-state index contributed by atoms with van der Waals surface area (Å²) in [6.45, 7) is -0.643. The van der Waals surface area contributed by atoms with E-state index in [1.54, 1.807) is 18.2 Å². The average molecular weight is 429 g/mol. The van der Waals surface area contributed by atoms with E-state index in [2.05, 4.69) is 5.32 Å². The fourth-order valence-electron chi connectivity index (χ4n) is 2.72. The molecule has 0 atom stereocenters. The first-order valence-electron chi connectivity index (χ1n) is 8.65. The molecule has 3 aromatic rings. The first kappa shape index (κ1) is 20.9. The van der Waals surface area contributed by atoms with Gasteiger partial charge in [0.1, 0.15) is 12.4 Å². The van der Waals surface area contributed by atoms with Crippen LogP contribution in [0, 0.1) is 15.9 Å². The lowest BCUT2D eigenvalue weighted by atomic mass is 10.3. The number of para-hydroxylation sites is 2. The van der Waals surface area contributed by atoms with Crippen molar-refractivity contribution in [2.75, 3.05) is 16.2 Å². The van der Waals surface area contributed by atoms with Crippen molar-refractivity contribution in [2.45, 2.75) is 4.90 Å². The van der Waals surface area contributed by atoms with Crippen molar-refractivity contribution in [3.05, 3.63) is 94.8 Å². The maximum Gasteiger partial charge on any atom is 0.289 e. The number of nitrogens with zero attached hydrogens (tertiary/aromatic N) is 2. The molecule has 0 fully saturated rings. The highest BCUT2D eigenvalue weighted by molar-refractivity contribution is 7.93. The van der Waals surface area contributed by atoms with Crippen LogP contribution in [0.4, 0.5) is 21.5 Å². The quantitative estimate of drug-likeness (QED) is 0.456. The molecule has 8 nitrogen and oxygen atoms in total. The molecule has 0 saturated heterocycles. The third-order valence-corrected chi connectivity index (χ3v) is 5.91. The predicted octanol–water partition coefficient (Wildman–Crippen LogP) is 3.57. The van der Waals surface area contributed by atoms with Crippen LogP contribution in [-0.4, -0.2) is 25.8 Å². The largest absolute Gasteiger partial charge is 0.325 e. The molecule has 0 aliphatic carbocycles. The van der Waals surface area contributed by atoms with Crippen molar-refractivity contribution in [1.29, 1.82) is 0 Å². The maximum atomic E-state index is 13.3.